The Morgan fingerprint density at radius 3 is 2.63 bits per heavy atom. The number of rotatable bonds is 2. The van der Waals surface area contributed by atoms with Crippen molar-refractivity contribution in [3.63, 3.8) is 0 Å². The van der Waals surface area contributed by atoms with Crippen molar-refractivity contribution in [1.82, 2.24) is 0 Å². The third-order valence-corrected chi connectivity index (χ3v) is 4.03. The molecule has 1 atom stereocenters. The van der Waals surface area contributed by atoms with Crippen LogP contribution in [0, 0.1) is 0 Å². The Balaban J connectivity index is 0.00000133. The van der Waals surface area contributed by atoms with Crippen LogP contribution in [0.5, 0.6) is 5.75 Å². The zero-order valence-electron chi connectivity index (χ0n) is 11.0. The molecule has 0 aromatic heterocycles. The molecule has 5 heteroatoms. The van der Waals surface area contributed by atoms with Crippen LogP contribution in [0.3, 0.4) is 0 Å². The number of hydrogen-bond donors (Lipinski definition) is 1. The van der Waals surface area contributed by atoms with E-state index in [1.54, 1.807) is 7.11 Å². The van der Waals surface area contributed by atoms with Gasteiger partial charge in [-0.2, -0.15) is 0 Å². The number of carbonyl (C=O) groups is 1. The monoisotopic (exact) mass is 282 g/mol. The number of hydrogen-bond acceptors (Lipinski definition) is 3. The molecule has 104 valence electrons. The zero-order chi connectivity index (χ0) is 12.7. The van der Waals surface area contributed by atoms with Crippen LogP contribution in [0.4, 0.5) is 5.69 Å². The van der Waals surface area contributed by atoms with E-state index in [0.717, 1.165) is 29.8 Å². The summed E-state index contributed by atoms with van der Waals surface area (Å²) >= 11 is 0. The normalized spacial score (nSPS) is 22.3. The summed E-state index contributed by atoms with van der Waals surface area (Å²) in [6, 6.07) is 5.51. The number of nitrogens with two attached hydrogens (primary N) is 1. The molecule has 19 heavy (non-hydrogen) atoms. The maximum atomic E-state index is 12.3. The van der Waals surface area contributed by atoms with Crippen molar-refractivity contribution in [1.29, 1.82) is 0 Å². The van der Waals surface area contributed by atoms with Gasteiger partial charge in [0.1, 0.15) is 11.8 Å². The number of nitrogens with zero attached hydrogens (tertiary/aromatic N) is 1. The number of fused-ring (bicyclic) bond motifs is 1. The molecule has 0 radical (unpaired) electrons. The van der Waals surface area contributed by atoms with Gasteiger partial charge in [-0.15, -0.1) is 12.4 Å². The first-order valence-corrected chi connectivity index (χ1v) is 6.49. The molecule has 1 saturated carbocycles. The first-order valence-electron chi connectivity index (χ1n) is 6.49. The molecule has 2 N–H and O–H groups in total. The molecule has 1 aliphatic carbocycles. The first kappa shape index (κ1) is 14.2. The van der Waals surface area contributed by atoms with Crippen LogP contribution in [0.1, 0.15) is 37.3 Å². The van der Waals surface area contributed by atoms with Crippen molar-refractivity contribution in [3.8, 4) is 5.75 Å². The van der Waals surface area contributed by atoms with Crippen LogP contribution in [0.2, 0.25) is 0 Å². The van der Waals surface area contributed by atoms with Crippen LogP contribution in [-0.2, 0) is 4.79 Å². The Kier molecular flexibility index (Phi) is 4.02. The molecule has 1 aromatic rings. The highest BCUT2D eigenvalue weighted by Gasteiger charge is 2.39. The Morgan fingerprint density at radius 2 is 2.00 bits per heavy atom. The van der Waals surface area contributed by atoms with Crippen molar-refractivity contribution in [2.75, 3.05) is 12.0 Å². The molecule has 0 saturated heterocycles. The summed E-state index contributed by atoms with van der Waals surface area (Å²) in [5.74, 6) is 0.809. The quantitative estimate of drug-likeness (QED) is 0.906. The Morgan fingerprint density at radius 1 is 1.32 bits per heavy atom. The molecule has 1 heterocycles. The number of amides is 1. The van der Waals surface area contributed by atoms with E-state index >= 15 is 0 Å². The lowest BCUT2D eigenvalue weighted by molar-refractivity contribution is -0.119. The molecular formula is C14H19ClN2O2. The summed E-state index contributed by atoms with van der Waals surface area (Å²) in [5.41, 5.74) is 7.87. The van der Waals surface area contributed by atoms with Crippen molar-refractivity contribution < 1.29 is 9.53 Å². The van der Waals surface area contributed by atoms with E-state index in [9.17, 15) is 4.79 Å². The maximum Gasteiger partial charge on any atom is 0.248 e. The fourth-order valence-electron chi connectivity index (χ4n) is 3.06. The average Bonchev–Trinajstić information content (AvgIpc) is 2.98. The van der Waals surface area contributed by atoms with Crippen molar-refractivity contribution in [2.24, 2.45) is 5.73 Å². The summed E-state index contributed by atoms with van der Waals surface area (Å²) < 4.78 is 5.24. The van der Waals surface area contributed by atoms with E-state index in [2.05, 4.69) is 0 Å². The van der Waals surface area contributed by atoms with Crippen LogP contribution in [0.15, 0.2) is 18.2 Å². The number of methoxy groups -OCH3 is 1. The minimum atomic E-state index is -0.508. The molecular weight excluding hydrogens is 264 g/mol. The van der Waals surface area contributed by atoms with E-state index < -0.39 is 6.04 Å². The topological polar surface area (TPSA) is 55.6 Å². The zero-order valence-corrected chi connectivity index (χ0v) is 11.8. The average molecular weight is 283 g/mol. The summed E-state index contributed by atoms with van der Waals surface area (Å²) in [7, 11) is 1.64. The second-order valence-electron chi connectivity index (χ2n) is 5.05. The summed E-state index contributed by atoms with van der Waals surface area (Å²) in [6.45, 7) is 0. The summed E-state index contributed by atoms with van der Waals surface area (Å²) in [5, 5.41) is 0. The van der Waals surface area contributed by atoms with Gasteiger partial charge >= 0.3 is 0 Å². The van der Waals surface area contributed by atoms with Gasteiger partial charge in [0.25, 0.3) is 0 Å². The van der Waals surface area contributed by atoms with Crippen LogP contribution < -0.4 is 15.4 Å². The van der Waals surface area contributed by atoms with Crippen LogP contribution >= 0.6 is 12.4 Å². The molecule has 4 nitrogen and oxygen atoms in total. The van der Waals surface area contributed by atoms with Gasteiger partial charge in [-0.05, 0) is 18.9 Å². The van der Waals surface area contributed by atoms with Crippen LogP contribution in [0.25, 0.3) is 0 Å². The van der Waals surface area contributed by atoms with E-state index in [1.807, 2.05) is 23.1 Å². The molecule has 1 unspecified atom stereocenters. The molecule has 1 aromatic carbocycles. The second-order valence-corrected chi connectivity index (χ2v) is 5.05. The first-order chi connectivity index (χ1) is 8.72. The molecule has 1 aliphatic heterocycles. The van der Waals surface area contributed by atoms with Crippen LogP contribution in [-0.4, -0.2) is 19.1 Å². The van der Waals surface area contributed by atoms with Gasteiger partial charge in [-0.1, -0.05) is 18.9 Å². The highest BCUT2D eigenvalue weighted by Crippen LogP contribution is 2.41. The van der Waals surface area contributed by atoms with Gasteiger partial charge in [0, 0.05) is 17.7 Å². The lowest BCUT2D eigenvalue weighted by Gasteiger charge is -2.25. The van der Waals surface area contributed by atoms with Crippen molar-refractivity contribution in [3.05, 3.63) is 23.8 Å². The largest absolute Gasteiger partial charge is 0.497 e. The highest BCUT2D eigenvalue weighted by atomic mass is 35.5. The molecule has 0 bridgehead atoms. The third kappa shape index (κ3) is 2.19. The minimum Gasteiger partial charge on any atom is -0.497 e. The third-order valence-electron chi connectivity index (χ3n) is 4.03. The predicted molar refractivity (Wildman–Crippen MR) is 76.9 cm³/mol. The molecule has 3 rings (SSSR count). The van der Waals surface area contributed by atoms with Crippen molar-refractivity contribution >= 4 is 24.0 Å². The molecule has 1 amide bonds. The number of anilines is 1. The fourth-order valence-corrected chi connectivity index (χ4v) is 3.06. The second kappa shape index (κ2) is 5.39. The summed E-state index contributed by atoms with van der Waals surface area (Å²) in [4.78, 5) is 14.2. The SMILES string of the molecule is COc1ccc2c(c1)N(C1CCCC1)C(=O)C2N.Cl. The van der Waals surface area contributed by atoms with Gasteiger partial charge in [-0.3, -0.25) is 4.79 Å². The predicted octanol–water partition coefficient (Wildman–Crippen LogP) is 2.41. The molecule has 0 spiro atoms. The number of carbonyl (C=O) groups excluding carboxylic acids is 1. The molecule has 1 fully saturated rings. The minimum absolute atomic E-state index is 0. The van der Waals surface area contributed by atoms with E-state index in [4.69, 9.17) is 10.5 Å². The number of ether oxygens (including phenoxy) is 1. The van der Waals surface area contributed by atoms with Gasteiger partial charge in [-0.25, -0.2) is 0 Å². The Hall–Kier alpha value is -1.26. The van der Waals surface area contributed by atoms with Gasteiger partial charge in [0.15, 0.2) is 0 Å². The highest BCUT2D eigenvalue weighted by molar-refractivity contribution is 6.05. The Labute approximate surface area is 119 Å². The smallest absolute Gasteiger partial charge is 0.248 e. The van der Waals surface area contributed by atoms with Crippen molar-refractivity contribution in [2.45, 2.75) is 37.8 Å². The number of benzene rings is 1. The Bertz CT molecular complexity index is 486. The van der Waals surface area contributed by atoms with E-state index in [1.165, 1.54) is 12.8 Å². The summed E-state index contributed by atoms with van der Waals surface area (Å²) in [6.07, 6.45) is 4.55. The lowest BCUT2D eigenvalue weighted by atomic mass is 10.1. The van der Waals surface area contributed by atoms with Gasteiger partial charge in [0.2, 0.25) is 5.91 Å². The van der Waals surface area contributed by atoms with E-state index in [-0.39, 0.29) is 18.3 Å². The number of halogens is 1. The van der Waals surface area contributed by atoms with Gasteiger partial charge < -0.3 is 15.4 Å². The maximum absolute atomic E-state index is 12.3. The lowest BCUT2D eigenvalue weighted by Crippen LogP contribution is -2.38. The fraction of sp³-hybridized carbons (Fsp3) is 0.500. The van der Waals surface area contributed by atoms with Gasteiger partial charge in [0.05, 0.1) is 12.8 Å². The standard InChI is InChI=1S/C14H18N2O2.ClH/c1-18-10-6-7-11-12(8-10)16(14(17)13(11)15)9-4-2-3-5-9;/h6-9,13H,2-5,15H2,1H3;1H. The molecule has 2 aliphatic rings. The van der Waals surface area contributed by atoms with E-state index in [0.29, 0.717) is 6.04 Å².